The summed E-state index contributed by atoms with van der Waals surface area (Å²) in [7, 11) is 1.76. The molecule has 0 atom stereocenters. The van der Waals surface area contributed by atoms with E-state index in [1.807, 2.05) is 6.07 Å². The van der Waals surface area contributed by atoms with Crippen molar-refractivity contribution in [2.24, 2.45) is 0 Å². The highest BCUT2D eigenvalue weighted by Crippen LogP contribution is 2.42. The number of allylic oxidation sites excluding steroid dienone is 1. The molecule has 1 heterocycles. The summed E-state index contributed by atoms with van der Waals surface area (Å²) in [6.07, 6.45) is 9.01. The van der Waals surface area contributed by atoms with Crippen LogP contribution < -0.4 is 15.4 Å². The van der Waals surface area contributed by atoms with Crippen molar-refractivity contribution in [1.82, 2.24) is 5.32 Å². The first-order valence-electron chi connectivity index (χ1n) is 11.0. The first-order chi connectivity index (χ1) is 14.0. The molecule has 1 aliphatic heterocycles. The average molecular weight is 391 g/mol. The maximum absolute atomic E-state index is 5.70. The largest absolute Gasteiger partial charge is 0.496 e. The summed E-state index contributed by atoms with van der Waals surface area (Å²) in [5.41, 5.74) is 7.69. The summed E-state index contributed by atoms with van der Waals surface area (Å²) >= 11 is 0. The van der Waals surface area contributed by atoms with Gasteiger partial charge in [-0.1, -0.05) is 49.6 Å². The molecule has 0 radical (unpaired) electrons. The molecule has 0 unspecified atom stereocenters. The molecule has 3 nitrogen and oxygen atoms in total. The highest BCUT2D eigenvalue weighted by Gasteiger charge is 2.27. The maximum atomic E-state index is 5.70. The molecule has 0 saturated heterocycles. The SMILES string of the molecule is COc1ccccc1-c1ccc2c(c1CNC1CCCCC1)C(C)=CC(C)(C)N2. The predicted molar refractivity (Wildman–Crippen MR) is 123 cm³/mol. The number of fused-ring (bicyclic) bond motifs is 1. The molecule has 1 fully saturated rings. The lowest BCUT2D eigenvalue weighted by Crippen LogP contribution is -2.33. The Balaban J connectivity index is 1.79. The van der Waals surface area contributed by atoms with Crippen LogP contribution >= 0.6 is 0 Å². The Hall–Kier alpha value is -2.26. The third kappa shape index (κ3) is 4.20. The van der Waals surface area contributed by atoms with E-state index in [1.165, 1.54) is 60.1 Å². The number of para-hydroxylation sites is 1. The number of ether oxygens (including phenoxy) is 1. The van der Waals surface area contributed by atoms with Crippen molar-refractivity contribution in [3.8, 4) is 16.9 Å². The molecule has 1 saturated carbocycles. The summed E-state index contributed by atoms with van der Waals surface area (Å²) in [4.78, 5) is 0. The monoisotopic (exact) mass is 390 g/mol. The molecule has 0 bridgehead atoms. The van der Waals surface area contributed by atoms with Gasteiger partial charge >= 0.3 is 0 Å². The number of nitrogens with one attached hydrogen (secondary N) is 2. The Morgan fingerprint density at radius 2 is 1.79 bits per heavy atom. The van der Waals surface area contributed by atoms with Gasteiger partial charge in [-0.25, -0.2) is 0 Å². The van der Waals surface area contributed by atoms with E-state index in [2.05, 4.69) is 67.8 Å². The Bertz CT molecular complexity index is 907. The number of hydrogen-bond acceptors (Lipinski definition) is 3. The summed E-state index contributed by atoms with van der Waals surface area (Å²) in [6, 6.07) is 13.5. The van der Waals surface area contributed by atoms with Crippen LogP contribution in [0.3, 0.4) is 0 Å². The van der Waals surface area contributed by atoms with Crippen molar-refractivity contribution >= 4 is 11.3 Å². The average Bonchev–Trinajstić information content (AvgIpc) is 2.71. The molecule has 3 heteroatoms. The van der Waals surface area contributed by atoms with E-state index >= 15 is 0 Å². The van der Waals surface area contributed by atoms with Crippen LogP contribution in [0.15, 0.2) is 42.5 Å². The highest BCUT2D eigenvalue weighted by molar-refractivity contribution is 5.88. The molecule has 2 aliphatic rings. The summed E-state index contributed by atoms with van der Waals surface area (Å²) in [5.74, 6) is 0.928. The fourth-order valence-corrected chi connectivity index (χ4v) is 5.06. The van der Waals surface area contributed by atoms with Crippen LogP contribution in [0.5, 0.6) is 5.75 Å². The third-order valence-corrected chi connectivity index (χ3v) is 6.31. The molecular formula is C26H34N2O. The maximum Gasteiger partial charge on any atom is 0.126 e. The van der Waals surface area contributed by atoms with E-state index in [-0.39, 0.29) is 5.54 Å². The van der Waals surface area contributed by atoms with Gasteiger partial charge in [-0.3, -0.25) is 0 Å². The van der Waals surface area contributed by atoms with Crippen molar-refractivity contribution in [1.29, 1.82) is 0 Å². The molecule has 0 spiro atoms. The zero-order valence-electron chi connectivity index (χ0n) is 18.3. The van der Waals surface area contributed by atoms with Crippen molar-refractivity contribution in [3.05, 3.63) is 53.6 Å². The Morgan fingerprint density at radius 1 is 1.03 bits per heavy atom. The normalized spacial score (nSPS) is 18.6. The molecule has 29 heavy (non-hydrogen) atoms. The molecular weight excluding hydrogens is 356 g/mol. The summed E-state index contributed by atoms with van der Waals surface area (Å²) < 4.78 is 5.70. The van der Waals surface area contributed by atoms with Crippen LogP contribution in [-0.4, -0.2) is 18.7 Å². The Kier molecular flexibility index (Phi) is 5.69. The van der Waals surface area contributed by atoms with Crippen LogP contribution in [0, 0.1) is 0 Å². The fraction of sp³-hybridized carbons (Fsp3) is 0.462. The lowest BCUT2D eigenvalue weighted by Gasteiger charge is -2.34. The second-order valence-electron chi connectivity index (χ2n) is 9.10. The van der Waals surface area contributed by atoms with Crippen LogP contribution in [0.25, 0.3) is 16.7 Å². The van der Waals surface area contributed by atoms with Gasteiger partial charge in [0.05, 0.1) is 12.6 Å². The number of hydrogen-bond donors (Lipinski definition) is 2. The summed E-state index contributed by atoms with van der Waals surface area (Å²) in [6.45, 7) is 7.59. The Morgan fingerprint density at radius 3 is 2.55 bits per heavy atom. The van der Waals surface area contributed by atoms with Crippen molar-refractivity contribution < 1.29 is 4.74 Å². The van der Waals surface area contributed by atoms with Gasteiger partial charge in [0, 0.05) is 29.4 Å². The molecule has 1 aliphatic carbocycles. The second-order valence-corrected chi connectivity index (χ2v) is 9.10. The second kappa shape index (κ2) is 8.23. The molecule has 0 aromatic heterocycles. The number of anilines is 1. The zero-order chi connectivity index (χ0) is 20.4. The van der Waals surface area contributed by atoms with E-state index < -0.39 is 0 Å². The molecule has 0 amide bonds. The van der Waals surface area contributed by atoms with Crippen molar-refractivity contribution in [2.45, 2.75) is 71.0 Å². The van der Waals surface area contributed by atoms with Gasteiger partial charge in [-0.15, -0.1) is 0 Å². The van der Waals surface area contributed by atoms with Crippen LogP contribution in [0.4, 0.5) is 5.69 Å². The molecule has 4 rings (SSSR count). The van der Waals surface area contributed by atoms with E-state index in [9.17, 15) is 0 Å². The van der Waals surface area contributed by atoms with E-state index in [4.69, 9.17) is 4.74 Å². The molecule has 2 aromatic rings. The molecule has 2 N–H and O–H groups in total. The van der Waals surface area contributed by atoms with Crippen molar-refractivity contribution in [2.75, 3.05) is 12.4 Å². The third-order valence-electron chi connectivity index (χ3n) is 6.31. The number of methoxy groups -OCH3 is 1. The highest BCUT2D eigenvalue weighted by atomic mass is 16.5. The minimum atomic E-state index is -0.0306. The van der Waals surface area contributed by atoms with E-state index in [0.29, 0.717) is 6.04 Å². The minimum absolute atomic E-state index is 0.0306. The van der Waals surface area contributed by atoms with Crippen LogP contribution in [-0.2, 0) is 6.54 Å². The van der Waals surface area contributed by atoms with Gasteiger partial charge in [0.1, 0.15) is 5.75 Å². The zero-order valence-corrected chi connectivity index (χ0v) is 18.3. The molecule has 2 aromatic carbocycles. The summed E-state index contributed by atoms with van der Waals surface area (Å²) in [5, 5.41) is 7.60. The quantitative estimate of drug-likeness (QED) is 0.620. The van der Waals surface area contributed by atoms with Gasteiger partial charge in [0.25, 0.3) is 0 Å². The minimum Gasteiger partial charge on any atom is -0.496 e. The topological polar surface area (TPSA) is 33.3 Å². The standard InChI is InChI=1S/C26H34N2O/c1-18-16-26(2,3)28-23-15-14-20(21-12-8-9-13-24(21)29-4)22(25(18)23)17-27-19-10-6-5-7-11-19/h8-9,12-16,19,27-28H,5-7,10-11,17H2,1-4H3. The molecule has 154 valence electrons. The van der Waals surface area contributed by atoms with E-state index in [0.717, 1.165) is 17.9 Å². The number of benzene rings is 2. The first-order valence-corrected chi connectivity index (χ1v) is 11.0. The lowest BCUT2D eigenvalue weighted by molar-refractivity contribution is 0.372. The van der Waals surface area contributed by atoms with Crippen molar-refractivity contribution in [3.63, 3.8) is 0 Å². The smallest absolute Gasteiger partial charge is 0.126 e. The van der Waals surface area contributed by atoms with Gasteiger partial charge in [0.15, 0.2) is 0 Å². The van der Waals surface area contributed by atoms with Gasteiger partial charge in [-0.05, 0) is 62.4 Å². The lowest BCUT2D eigenvalue weighted by atomic mass is 9.84. The van der Waals surface area contributed by atoms with E-state index in [1.54, 1.807) is 7.11 Å². The fourth-order valence-electron chi connectivity index (χ4n) is 5.06. The first kappa shape index (κ1) is 20.0. The van der Waals surface area contributed by atoms with Gasteiger partial charge < -0.3 is 15.4 Å². The van der Waals surface area contributed by atoms with Gasteiger partial charge in [-0.2, -0.15) is 0 Å². The number of rotatable bonds is 5. The van der Waals surface area contributed by atoms with Crippen LogP contribution in [0.2, 0.25) is 0 Å². The van der Waals surface area contributed by atoms with Gasteiger partial charge in [0.2, 0.25) is 0 Å². The van der Waals surface area contributed by atoms with Crippen LogP contribution in [0.1, 0.15) is 64.0 Å². The predicted octanol–water partition coefficient (Wildman–Crippen LogP) is 6.39. The Labute approximate surface area is 175 Å².